The number of hydrogen-bond acceptors (Lipinski definition) is 3. The first-order chi connectivity index (χ1) is 10.0. The molecule has 5 nitrogen and oxygen atoms in total. The van der Waals surface area contributed by atoms with E-state index in [1.165, 1.54) is 0 Å². The maximum Gasteiger partial charge on any atom is 0.335 e. The molecule has 1 unspecified atom stereocenters. The maximum absolute atomic E-state index is 11.7. The van der Waals surface area contributed by atoms with Crippen LogP contribution in [0.3, 0.4) is 0 Å². The highest BCUT2D eigenvalue weighted by Crippen LogP contribution is 2.10. The third-order valence-corrected chi connectivity index (χ3v) is 3.49. The Morgan fingerprint density at radius 2 is 2.00 bits per heavy atom. The number of nitrogens with one attached hydrogen (secondary N) is 1. The first kappa shape index (κ1) is 17.2. The second-order valence-electron chi connectivity index (χ2n) is 5.28. The van der Waals surface area contributed by atoms with Gasteiger partial charge in [0.2, 0.25) is 5.91 Å². The van der Waals surface area contributed by atoms with Crippen molar-refractivity contribution in [2.45, 2.75) is 32.6 Å². The van der Waals surface area contributed by atoms with E-state index in [4.69, 9.17) is 10.8 Å². The third-order valence-electron chi connectivity index (χ3n) is 3.49. The summed E-state index contributed by atoms with van der Waals surface area (Å²) in [5.41, 5.74) is 6.50. The highest BCUT2D eigenvalue weighted by Gasteiger charge is 2.09. The Hall–Kier alpha value is -1.88. The number of carbonyl (C=O) groups excluding carboxylic acids is 1. The largest absolute Gasteiger partial charge is 0.478 e. The van der Waals surface area contributed by atoms with Crippen LogP contribution in [0.5, 0.6) is 0 Å². The molecule has 0 fully saturated rings. The number of amides is 1. The van der Waals surface area contributed by atoms with E-state index in [1.807, 2.05) is 0 Å². The van der Waals surface area contributed by atoms with Crippen molar-refractivity contribution < 1.29 is 14.7 Å². The summed E-state index contributed by atoms with van der Waals surface area (Å²) in [6.07, 6.45) is 2.77. The highest BCUT2D eigenvalue weighted by atomic mass is 16.4. The van der Waals surface area contributed by atoms with Gasteiger partial charge in [-0.2, -0.15) is 0 Å². The van der Waals surface area contributed by atoms with Crippen LogP contribution in [0.25, 0.3) is 0 Å². The molecule has 21 heavy (non-hydrogen) atoms. The number of rotatable bonds is 9. The average molecular weight is 292 g/mol. The van der Waals surface area contributed by atoms with Gasteiger partial charge in [-0.3, -0.25) is 4.79 Å². The van der Waals surface area contributed by atoms with Gasteiger partial charge in [0.15, 0.2) is 0 Å². The zero-order valence-corrected chi connectivity index (χ0v) is 12.5. The minimum absolute atomic E-state index is 0.00618. The van der Waals surface area contributed by atoms with Gasteiger partial charge in [-0.05, 0) is 43.4 Å². The molecule has 4 N–H and O–H groups in total. The summed E-state index contributed by atoms with van der Waals surface area (Å²) in [7, 11) is 0. The Bertz CT molecular complexity index is 474. The number of carboxylic acids is 1. The average Bonchev–Trinajstić information content (AvgIpc) is 2.46. The van der Waals surface area contributed by atoms with Gasteiger partial charge < -0.3 is 16.2 Å². The molecule has 1 aromatic rings. The molecule has 0 bridgehead atoms. The van der Waals surface area contributed by atoms with Gasteiger partial charge in [-0.15, -0.1) is 0 Å². The number of hydrogen-bond donors (Lipinski definition) is 3. The lowest BCUT2D eigenvalue weighted by molar-refractivity contribution is -0.121. The van der Waals surface area contributed by atoms with E-state index in [0.29, 0.717) is 37.4 Å². The lowest BCUT2D eigenvalue weighted by atomic mass is 10.0. The van der Waals surface area contributed by atoms with Gasteiger partial charge in [0, 0.05) is 13.0 Å². The monoisotopic (exact) mass is 292 g/mol. The number of benzene rings is 1. The normalized spacial score (nSPS) is 11.9. The summed E-state index contributed by atoms with van der Waals surface area (Å²) in [4.78, 5) is 22.8. The van der Waals surface area contributed by atoms with Crippen LogP contribution in [0, 0.1) is 5.92 Å². The number of carboxylic acid groups (broad SMARTS) is 1. The van der Waals surface area contributed by atoms with Crippen molar-refractivity contribution >= 4 is 11.9 Å². The van der Waals surface area contributed by atoms with Crippen LogP contribution in [-0.2, 0) is 11.2 Å². The summed E-state index contributed by atoms with van der Waals surface area (Å²) in [5, 5.41) is 11.9. The van der Waals surface area contributed by atoms with E-state index in [2.05, 4.69) is 12.2 Å². The summed E-state index contributed by atoms with van der Waals surface area (Å²) in [6, 6.07) is 6.86. The molecule has 1 rings (SSSR count). The van der Waals surface area contributed by atoms with Crippen LogP contribution in [0.15, 0.2) is 24.3 Å². The minimum atomic E-state index is -0.937. The Morgan fingerprint density at radius 1 is 1.29 bits per heavy atom. The molecule has 0 saturated carbocycles. The molecule has 0 spiro atoms. The molecule has 0 heterocycles. The second-order valence-corrected chi connectivity index (χ2v) is 5.28. The smallest absolute Gasteiger partial charge is 0.335 e. The summed E-state index contributed by atoms with van der Waals surface area (Å²) in [6.45, 7) is 3.19. The van der Waals surface area contributed by atoms with Gasteiger partial charge in [0.05, 0.1) is 5.56 Å². The second kappa shape index (κ2) is 9.13. The molecule has 5 heteroatoms. The van der Waals surface area contributed by atoms with Gasteiger partial charge in [0.1, 0.15) is 0 Å². The lowest BCUT2D eigenvalue weighted by Crippen LogP contribution is -2.26. The van der Waals surface area contributed by atoms with Crippen LogP contribution in [0.4, 0.5) is 0 Å². The first-order valence-corrected chi connectivity index (χ1v) is 7.32. The van der Waals surface area contributed by atoms with Crippen LogP contribution >= 0.6 is 0 Å². The molecule has 1 atom stereocenters. The van der Waals surface area contributed by atoms with Gasteiger partial charge >= 0.3 is 5.97 Å². The molecule has 1 aromatic carbocycles. The predicted octanol–water partition coefficient (Wildman–Crippen LogP) is 1.81. The first-order valence-electron chi connectivity index (χ1n) is 7.32. The van der Waals surface area contributed by atoms with Crippen LogP contribution < -0.4 is 11.1 Å². The topological polar surface area (TPSA) is 92.4 Å². The summed E-state index contributed by atoms with van der Waals surface area (Å²) >= 11 is 0. The standard InChI is InChI=1S/C16H24N2O3/c1-12(8-10-17)6-7-15(19)18-11-9-13-4-2-3-5-14(13)16(20)21/h2-5,12H,6-11,17H2,1H3,(H,18,19)(H,20,21). The molecule has 0 saturated heterocycles. The molecular formula is C16H24N2O3. The van der Waals surface area contributed by atoms with Crippen LogP contribution in [0.1, 0.15) is 42.1 Å². The Kier molecular flexibility index (Phi) is 7.46. The quantitative estimate of drug-likeness (QED) is 0.647. The van der Waals surface area contributed by atoms with Crippen molar-refractivity contribution in [3.05, 3.63) is 35.4 Å². The summed E-state index contributed by atoms with van der Waals surface area (Å²) in [5.74, 6) is -0.479. The van der Waals surface area contributed by atoms with E-state index in [0.717, 1.165) is 18.4 Å². The fourth-order valence-electron chi connectivity index (χ4n) is 2.18. The Labute approximate surface area is 125 Å². The number of aromatic carboxylic acids is 1. The van der Waals surface area contributed by atoms with Crippen molar-refractivity contribution in [2.24, 2.45) is 11.7 Å². The molecule has 0 aliphatic heterocycles. The fourth-order valence-corrected chi connectivity index (χ4v) is 2.18. The fraction of sp³-hybridized carbons (Fsp3) is 0.500. The predicted molar refractivity (Wildman–Crippen MR) is 82.2 cm³/mol. The maximum atomic E-state index is 11.7. The molecular weight excluding hydrogens is 268 g/mol. The van der Waals surface area contributed by atoms with Crippen molar-refractivity contribution in [3.8, 4) is 0 Å². The molecule has 0 aromatic heterocycles. The SMILES string of the molecule is CC(CCN)CCC(=O)NCCc1ccccc1C(=O)O. The highest BCUT2D eigenvalue weighted by molar-refractivity contribution is 5.89. The van der Waals surface area contributed by atoms with Crippen LogP contribution in [-0.4, -0.2) is 30.1 Å². The van der Waals surface area contributed by atoms with Crippen molar-refractivity contribution in [1.29, 1.82) is 0 Å². The van der Waals surface area contributed by atoms with Gasteiger partial charge in [0.25, 0.3) is 0 Å². The van der Waals surface area contributed by atoms with Crippen molar-refractivity contribution in [3.63, 3.8) is 0 Å². The lowest BCUT2D eigenvalue weighted by Gasteiger charge is -2.10. The minimum Gasteiger partial charge on any atom is -0.478 e. The van der Waals surface area contributed by atoms with Crippen molar-refractivity contribution in [1.82, 2.24) is 5.32 Å². The van der Waals surface area contributed by atoms with Gasteiger partial charge in [-0.25, -0.2) is 4.79 Å². The molecule has 0 aliphatic carbocycles. The molecule has 1 amide bonds. The zero-order chi connectivity index (χ0) is 15.7. The van der Waals surface area contributed by atoms with E-state index < -0.39 is 5.97 Å². The number of carbonyl (C=O) groups is 2. The summed E-state index contributed by atoms with van der Waals surface area (Å²) < 4.78 is 0. The Morgan fingerprint density at radius 3 is 2.67 bits per heavy atom. The zero-order valence-electron chi connectivity index (χ0n) is 12.5. The van der Waals surface area contributed by atoms with Crippen LogP contribution in [0.2, 0.25) is 0 Å². The van der Waals surface area contributed by atoms with E-state index in [9.17, 15) is 9.59 Å². The molecule has 0 radical (unpaired) electrons. The van der Waals surface area contributed by atoms with E-state index >= 15 is 0 Å². The third kappa shape index (κ3) is 6.40. The van der Waals surface area contributed by atoms with E-state index in [-0.39, 0.29) is 5.91 Å². The van der Waals surface area contributed by atoms with Gasteiger partial charge in [-0.1, -0.05) is 25.1 Å². The molecule has 0 aliphatic rings. The van der Waals surface area contributed by atoms with E-state index in [1.54, 1.807) is 24.3 Å². The van der Waals surface area contributed by atoms with Crippen molar-refractivity contribution in [2.75, 3.05) is 13.1 Å². The Balaban J connectivity index is 2.33. The molecule has 116 valence electrons. The number of nitrogens with two attached hydrogens (primary N) is 1.